The van der Waals surface area contributed by atoms with Crippen molar-refractivity contribution in [3.8, 4) is 5.75 Å². The quantitative estimate of drug-likeness (QED) is 0.567. The number of furan rings is 1. The first-order valence-corrected chi connectivity index (χ1v) is 11.3. The van der Waals surface area contributed by atoms with Gasteiger partial charge in [-0.25, -0.2) is 0 Å². The number of ether oxygens (including phenoxy) is 1. The Bertz CT molecular complexity index is 947. The van der Waals surface area contributed by atoms with Gasteiger partial charge in [-0.05, 0) is 59.2 Å². The summed E-state index contributed by atoms with van der Waals surface area (Å²) in [6.07, 6.45) is 2.54. The van der Waals surface area contributed by atoms with Crippen LogP contribution in [0.2, 0.25) is 0 Å². The maximum absolute atomic E-state index is 13.0. The van der Waals surface area contributed by atoms with E-state index >= 15 is 0 Å². The van der Waals surface area contributed by atoms with Crippen LogP contribution in [-0.2, 0) is 17.8 Å². The number of amides is 1. The van der Waals surface area contributed by atoms with E-state index in [1.54, 1.807) is 17.6 Å². The zero-order chi connectivity index (χ0) is 20.9. The molecule has 1 aliphatic rings. The molecule has 3 heterocycles. The van der Waals surface area contributed by atoms with Crippen LogP contribution >= 0.6 is 11.3 Å². The molecular formula is C24H28N2O3S. The van der Waals surface area contributed by atoms with Gasteiger partial charge in [0.05, 0.1) is 25.4 Å². The van der Waals surface area contributed by atoms with E-state index < -0.39 is 0 Å². The average Bonchev–Trinajstić information content (AvgIpc) is 3.44. The summed E-state index contributed by atoms with van der Waals surface area (Å²) in [7, 11) is 0. The van der Waals surface area contributed by atoms with Crippen LogP contribution in [0, 0.1) is 0 Å². The second-order valence-electron chi connectivity index (χ2n) is 7.87. The summed E-state index contributed by atoms with van der Waals surface area (Å²) in [6, 6.07) is 14.1. The lowest BCUT2D eigenvalue weighted by Gasteiger charge is -2.36. The topological polar surface area (TPSA) is 54.7 Å². The predicted octanol–water partition coefficient (Wildman–Crippen LogP) is 4.76. The van der Waals surface area contributed by atoms with Gasteiger partial charge in [-0.15, -0.1) is 11.3 Å². The number of hydrogen-bond donors (Lipinski definition) is 1. The first kappa shape index (κ1) is 20.7. The van der Waals surface area contributed by atoms with Crippen molar-refractivity contribution in [2.45, 2.75) is 38.8 Å². The van der Waals surface area contributed by atoms with Crippen LogP contribution < -0.4 is 10.1 Å². The summed E-state index contributed by atoms with van der Waals surface area (Å²) in [6.45, 7) is 6.35. The van der Waals surface area contributed by atoms with Crippen LogP contribution in [0.1, 0.15) is 47.6 Å². The molecule has 0 bridgehead atoms. The van der Waals surface area contributed by atoms with Crippen LogP contribution in [0.3, 0.4) is 0 Å². The van der Waals surface area contributed by atoms with Crippen molar-refractivity contribution in [1.29, 1.82) is 0 Å². The number of carbonyl (C=O) groups excluding carboxylic acids is 1. The number of rotatable bonds is 8. The Kier molecular flexibility index (Phi) is 6.55. The summed E-state index contributed by atoms with van der Waals surface area (Å²) in [5.41, 5.74) is 2.50. The molecule has 0 fully saturated rings. The fourth-order valence-corrected chi connectivity index (χ4v) is 4.73. The molecule has 2 aromatic heterocycles. The van der Waals surface area contributed by atoms with Gasteiger partial charge in [-0.3, -0.25) is 4.79 Å². The van der Waals surface area contributed by atoms with Crippen LogP contribution in [0.5, 0.6) is 5.75 Å². The fraction of sp³-hybridized carbons (Fsp3) is 0.375. The third kappa shape index (κ3) is 4.77. The molecule has 0 saturated heterocycles. The van der Waals surface area contributed by atoms with Crippen molar-refractivity contribution in [3.63, 3.8) is 0 Å². The van der Waals surface area contributed by atoms with E-state index in [2.05, 4.69) is 42.7 Å². The second-order valence-corrected chi connectivity index (χ2v) is 8.87. The molecule has 4 rings (SSSR count). The summed E-state index contributed by atoms with van der Waals surface area (Å²) in [5, 5.41) is 5.30. The Labute approximate surface area is 181 Å². The van der Waals surface area contributed by atoms with Crippen molar-refractivity contribution >= 4 is 17.2 Å². The van der Waals surface area contributed by atoms with Gasteiger partial charge in [0.25, 0.3) is 0 Å². The zero-order valence-corrected chi connectivity index (χ0v) is 18.3. The zero-order valence-electron chi connectivity index (χ0n) is 17.5. The smallest absolute Gasteiger partial charge is 0.237 e. The first-order chi connectivity index (χ1) is 14.6. The molecule has 1 atom stereocenters. The van der Waals surface area contributed by atoms with Gasteiger partial charge in [0, 0.05) is 11.4 Å². The molecular weight excluding hydrogens is 396 g/mol. The van der Waals surface area contributed by atoms with Gasteiger partial charge in [0.15, 0.2) is 0 Å². The molecule has 5 nitrogen and oxygen atoms in total. The SMILES string of the molecule is CC(C)c1ccc(OCC2c3ccsc3CCN2C(=O)CNCc2ccco2)cc1. The van der Waals surface area contributed by atoms with E-state index in [0.29, 0.717) is 19.1 Å². The van der Waals surface area contributed by atoms with Crippen molar-refractivity contribution in [2.24, 2.45) is 0 Å². The highest BCUT2D eigenvalue weighted by Crippen LogP contribution is 2.34. The first-order valence-electron chi connectivity index (χ1n) is 10.4. The third-order valence-corrected chi connectivity index (χ3v) is 6.52. The average molecular weight is 425 g/mol. The molecule has 1 amide bonds. The molecule has 3 aromatic rings. The molecule has 0 saturated carbocycles. The molecule has 0 aliphatic carbocycles. The highest BCUT2D eigenvalue weighted by atomic mass is 32.1. The number of fused-ring (bicyclic) bond motifs is 1. The monoisotopic (exact) mass is 424 g/mol. The summed E-state index contributed by atoms with van der Waals surface area (Å²) in [5.74, 6) is 2.24. The highest BCUT2D eigenvalue weighted by Gasteiger charge is 2.32. The second kappa shape index (κ2) is 9.49. The van der Waals surface area contributed by atoms with E-state index in [-0.39, 0.29) is 18.5 Å². The predicted molar refractivity (Wildman–Crippen MR) is 119 cm³/mol. The Hall–Kier alpha value is -2.57. The fourth-order valence-electron chi connectivity index (χ4n) is 3.81. The number of benzene rings is 1. The lowest BCUT2D eigenvalue weighted by atomic mass is 10.0. The summed E-state index contributed by atoms with van der Waals surface area (Å²) < 4.78 is 11.4. The minimum Gasteiger partial charge on any atom is -0.491 e. The van der Waals surface area contributed by atoms with E-state index in [4.69, 9.17) is 9.15 Å². The van der Waals surface area contributed by atoms with Crippen LogP contribution in [-0.4, -0.2) is 30.5 Å². The molecule has 30 heavy (non-hydrogen) atoms. The van der Waals surface area contributed by atoms with E-state index in [1.165, 1.54) is 16.0 Å². The lowest BCUT2D eigenvalue weighted by molar-refractivity contribution is -0.133. The summed E-state index contributed by atoms with van der Waals surface area (Å²) >= 11 is 1.76. The number of carbonyl (C=O) groups is 1. The molecule has 1 N–H and O–H groups in total. The number of thiophene rings is 1. The van der Waals surface area contributed by atoms with E-state index in [9.17, 15) is 4.79 Å². The standard InChI is InChI=1S/C24H28N2O3S/c1-17(2)18-5-7-19(8-6-18)29-16-22-21-10-13-30-23(21)9-11-26(22)24(27)15-25-14-20-4-3-12-28-20/h3-8,10,12-13,17,22,25H,9,11,14-16H2,1-2H3. The Morgan fingerprint density at radius 2 is 2.10 bits per heavy atom. The molecule has 6 heteroatoms. The maximum atomic E-state index is 13.0. The van der Waals surface area contributed by atoms with Crippen LogP contribution in [0.4, 0.5) is 0 Å². The molecule has 0 spiro atoms. The van der Waals surface area contributed by atoms with Crippen molar-refractivity contribution in [1.82, 2.24) is 10.2 Å². The van der Waals surface area contributed by atoms with Crippen LogP contribution in [0.25, 0.3) is 0 Å². The molecule has 0 radical (unpaired) electrons. The van der Waals surface area contributed by atoms with Crippen molar-refractivity contribution < 1.29 is 13.9 Å². The molecule has 1 aliphatic heterocycles. The Morgan fingerprint density at radius 3 is 2.83 bits per heavy atom. The van der Waals surface area contributed by atoms with Crippen molar-refractivity contribution in [2.75, 3.05) is 19.7 Å². The molecule has 1 aromatic carbocycles. The number of nitrogens with zero attached hydrogens (tertiary/aromatic N) is 1. The maximum Gasteiger partial charge on any atom is 0.237 e. The van der Waals surface area contributed by atoms with Gasteiger partial charge in [0.2, 0.25) is 5.91 Å². The molecule has 158 valence electrons. The van der Waals surface area contributed by atoms with Gasteiger partial charge in [0.1, 0.15) is 18.1 Å². The largest absolute Gasteiger partial charge is 0.491 e. The number of hydrogen-bond acceptors (Lipinski definition) is 5. The minimum atomic E-state index is -0.0670. The molecule has 1 unspecified atom stereocenters. The Balaban J connectivity index is 1.41. The Morgan fingerprint density at radius 1 is 1.27 bits per heavy atom. The van der Waals surface area contributed by atoms with Crippen LogP contribution in [0.15, 0.2) is 58.5 Å². The van der Waals surface area contributed by atoms with Gasteiger partial charge in [-0.1, -0.05) is 26.0 Å². The normalized spacial score (nSPS) is 16.0. The number of nitrogens with one attached hydrogen (secondary N) is 1. The van der Waals surface area contributed by atoms with Gasteiger partial charge in [-0.2, -0.15) is 0 Å². The third-order valence-electron chi connectivity index (χ3n) is 5.53. The highest BCUT2D eigenvalue weighted by molar-refractivity contribution is 7.10. The van der Waals surface area contributed by atoms with Gasteiger partial charge >= 0.3 is 0 Å². The summed E-state index contributed by atoms with van der Waals surface area (Å²) in [4.78, 5) is 16.3. The lowest BCUT2D eigenvalue weighted by Crippen LogP contribution is -2.45. The van der Waals surface area contributed by atoms with Gasteiger partial charge < -0.3 is 19.4 Å². The van der Waals surface area contributed by atoms with E-state index in [1.807, 2.05) is 29.2 Å². The minimum absolute atomic E-state index is 0.0670. The van der Waals surface area contributed by atoms with Crippen molar-refractivity contribution in [3.05, 3.63) is 75.9 Å². The van der Waals surface area contributed by atoms with E-state index in [0.717, 1.165) is 24.5 Å².